The standard InChI is InChI=1S/C25H17FN2O6/c26-17-4-6-18(7-5-17)28-24(30)20(23(29)27-25(28)31)11-15-1-8-19(9-2-15)32-13-16-3-10-21-22(12-16)34-14-33-21/h1-12H,13-14H2,(H,27,29,31)/b20-11+. The first-order valence-electron chi connectivity index (χ1n) is 10.3. The minimum atomic E-state index is -0.897. The topological polar surface area (TPSA) is 94.2 Å². The lowest BCUT2D eigenvalue weighted by Crippen LogP contribution is -2.54. The monoisotopic (exact) mass is 460 g/mol. The molecule has 1 saturated heterocycles. The Labute approximate surface area is 193 Å². The van der Waals surface area contributed by atoms with E-state index >= 15 is 0 Å². The molecule has 8 nitrogen and oxygen atoms in total. The van der Waals surface area contributed by atoms with Crippen molar-refractivity contribution in [3.63, 3.8) is 0 Å². The molecule has 0 spiro atoms. The van der Waals surface area contributed by atoms with Crippen LogP contribution in [0.4, 0.5) is 14.9 Å². The number of ether oxygens (including phenoxy) is 3. The van der Waals surface area contributed by atoms with Crippen LogP contribution >= 0.6 is 0 Å². The van der Waals surface area contributed by atoms with Crippen LogP contribution in [0.1, 0.15) is 11.1 Å². The summed E-state index contributed by atoms with van der Waals surface area (Å²) in [6, 6.07) is 16.2. The van der Waals surface area contributed by atoms with Crippen LogP contribution in [0.2, 0.25) is 0 Å². The van der Waals surface area contributed by atoms with Gasteiger partial charge in [-0.25, -0.2) is 14.1 Å². The number of rotatable bonds is 5. The van der Waals surface area contributed by atoms with Gasteiger partial charge in [0.15, 0.2) is 11.5 Å². The highest BCUT2D eigenvalue weighted by Gasteiger charge is 2.36. The molecule has 34 heavy (non-hydrogen) atoms. The van der Waals surface area contributed by atoms with Crippen LogP contribution in [-0.2, 0) is 16.2 Å². The second-order valence-corrected chi connectivity index (χ2v) is 7.48. The highest BCUT2D eigenvalue weighted by Crippen LogP contribution is 2.33. The predicted molar refractivity (Wildman–Crippen MR) is 119 cm³/mol. The SMILES string of the molecule is O=C1NC(=O)N(c2ccc(F)cc2)C(=O)/C1=C/c1ccc(OCc2ccc3c(c2)OCO3)cc1. The average molecular weight is 460 g/mol. The number of hydrogen-bond donors (Lipinski definition) is 1. The number of halogens is 1. The van der Waals surface area contributed by atoms with E-state index in [0.29, 0.717) is 29.4 Å². The zero-order valence-corrected chi connectivity index (χ0v) is 17.6. The molecule has 3 aromatic carbocycles. The number of anilines is 1. The summed E-state index contributed by atoms with van der Waals surface area (Å²) in [6.45, 7) is 0.514. The Balaban J connectivity index is 1.30. The summed E-state index contributed by atoms with van der Waals surface area (Å²) in [4.78, 5) is 38.2. The first-order valence-corrected chi connectivity index (χ1v) is 10.3. The van der Waals surface area contributed by atoms with E-state index in [1.165, 1.54) is 18.2 Å². The van der Waals surface area contributed by atoms with Gasteiger partial charge in [0.25, 0.3) is 11.8 Å². The molecule has 0 radical (unpaired) electrons. The zero-order valence-electron chi connectivity index (χ0n) is 17.6. The highest BCUT2D eigenvalue weighted by molar-refractivity contribution is 6.39. The summed E-state index contributed by atoms with van der Waals surface area (Å²) in [5.41, 5.74) is 1.39. The van der Waals surface area contributed by atoms with Crippen LogP contribution in [0.25, 0.3) is 6.08 Å². The van der Waals surface area contributed by atoms with E-state index in [2.05, 4.69) is 5.32 Å². The fourth-order valence-corrected chi connectivity index (χ4v) is 3.51. The minimum absolute atomic E-state index is 0.148. The van der Waals surface area contributed by atoms with Crippen LogP contribution < -0.4 is 24.4 Å². The van der Waals surface area contributed by atoms with Crippen molar-refractivity contribution in [1.29, 1.82) is 0 Å². The van der Waals surface area contributed by atoms with Crippen molar-refractivity contribution >= 4 is 29.6 Å². The molecule has 5 rings (SSSR count). The zero-order chi connectivity index (χ0) is 23.7. The summed E-state index contributed by atoms with van der Waals surface area (Å²) in [6.07, 6.45) is 1.38. The lowest BCUT2D eigenvalue weighted by atomic mass is 10.1. The fraction of sp³-hybridized carbons (Fsp3) is 0.0800. The van der Waals surface area contributed by atoms with Crippen molar-refractivity contribution in [3.05, 3.63) is 89.2 Å². The summed E-state index contributed by atoms with van der Waals surface area (Å²) in [5, 5.41) is 2.13. The molecular formula is C25H17FN2O6. The second kappa shape index (κ2) is 8.70. The Hall–Kier alpha value is -4.66. The molecule has 170 valence electrons. The summed E-state index contributed by atoms with van der Waals surface area (Å²) in [7, 11) is 0. The summed E-state index contributed by atoms with van der Waals surface area (Å²) < 4.78 is 29.7. The Morgan fingerprint density at radius 3 is 2.44 bits per heavy atom. The van der Waals surface area contributed by atoms with Crippen LogP contribution in [0.15, 0.2) is 72.3 Å². The van der Waals surface area contributed by atoms with E-state index in [9.17, 15) is 18.8 Å². The number of nitrogens with one attached hydrogen (secondary N) is 1. The van der Waals surface area contributed by atoms with E-state index < -0.39 is 23.7 Å². The molecule has 0 unspecified atom stereocenters. The van der Waals surface area contributed by atoms with Crippen molar-refractivity contribution in [2.75, 3.05) is 11.7 Å². The van der Waals surface area contributed by atoms with Crippen molar-refractivity contribution in [3.8, 4) is 17.2 Å². The lowest BCUT2D eigenvalue weighted by Gasteiger charge is -2.26. The number of nitrogens with zero attached hydrogens (tertiary/aromatic N) is 1. The van der Waals surface area contributed by atoms with Gasteiger partial charge in [-0.2, -0.15) is 0 Å². The molecular weight excluding hydrogens is 443 g/mol. The third-order valence-electron chi connectivity index (χ3n) is 5.22. The summed E-state index contributed by atoms with van der Waals surface area (Å²) >= 11 is 0. The fourth-order valence-electron chi connectivity index (χ4n) is 3.51. The maximum Gasteiger partial charge on any atom is 0.335 e. The number of barbiturate groups is 1. The quantitative estimate of drug-likeness (QED) is 0.460. The molecule has 2 aliphatic heterocycles. The van der Waals surface area contributed by atoms with Gasteiger partial charge in [0, 0.05) is 0 Å². The predicted octanol–water partition coefficient (Wildman–Crippen LogP) is 3.80. The summed E-state index contributed by atoms with van der Waals surface area (Å²) in [5.74, 6) is -0.169. The normalized spacial score (nSPS) is 16.1. The molecule has 0 atom stereocenters. The van der Waals surface area contributed by atoms with Crippen LogP contribution in [0.5, 0.6) is 17.2 Å². The van der Waals surface area contributed by atoms with Crippen LogP contribution in [0, 0.1) is 5.82 Å². The lowest BCUT2D eigenvalue weighted by molar-refractivity contribution is -0.122. The van der Waals surface area contributed by atoms with Crippen LogP contribution in [-0.4, -0.2) is 24.6 Å². The van der Waals surface area contributed by atoms with E-state index in [1.807, 2.05) is 18.2 Å². The Morgan fingerprint density at radius 2 is 1.68 bits per heavy atom. The molecule has 2 heterocycles. The number of fused-ring (bicyclic) bond motifs is 1. The van der Waals surface area contributed by atoms with Gasteiger partial charge in [-0.15, -0.1) is 0 Å². The van der Waals surface area contributed by atoms with Gasteiger partial charge in [-0.05, 0) is 65.7 Å². The van der Waals surface area contributed by atoms with Gasteiger partial charge in [0.1, 0.15) is 23.7 Å². The maximum absolute atomic E-state index is 13.2. The first kappa shape index (κ1) is 21.2. The number of benzene rings is 3. The van der Waals surface area contributed by atoms with Gasteiger partial charge in [0.2, 0.25) is 6.79 Å². The van der Waals surface area contributed by atoms with Gasteiger partial charge >= 0.3 is 6.03 Å². The molecule has 0 aliphatic carbocycles. The number of amides is 4. The number of imide groups is 2. The number of hydrogen-bond acceptors (Lipinski definition) is 6. The molecule has 4 amide bonds. The van der Waals surface area contributed by atoms with Crippen molar-refractivity contribution < 1.29 is 33.0 Å². The molecule has 9 heteroatoms. The highest BCUT2D eigenvalue weighted by atomic mass is 19.1. The first-order chi connectivity index (χ1) is 16.5. The third-order valence-corrected chi connectivity index (χ3v) is 5.22. The third kappa shape index (κ3) is 4.18. The van der Waals surface area contributed by atoms with Crippen LogP contribution in [0.3, 0.4) is 0 Å². The molecule has 2 aliphatic rings. The van der Waals surface area contributed by atoms with E-state index in [-0.39, 0.29) is 18.1 Å². The Morgan fingerprint density at radius 1 is 0.941 bits per heavy atom. The van der Waals surface area contributed by atoms with E-state index in [1.54, 1.807) is 24.3 Å². The van der Waals surface area contributed by atoms with Gasteiger partial charge in [-0.3, -0.25) is 14.9 Å². The van der Waals surface area contributed by atoms with Gasteiger partial charge in [-0.1, -0.05) is 18.2 Å². The molecule has 1 fully saturated rings. The largest absolute Gasteiger partial charge is 0.489 e. The molecule has 0 aromatic heterocycles. The number of carbonyl (C=O) groups excluding carboxylic acids is 3. The van der Waals surface area contributed by atoms with E-state index in [4.69, 9.17) is 14.2 Å². The minimum Gasteiger partial charge on any atom is -0.489 e. The van der Waals surface area contributed by atoms with Gasteiger partial charge in [0.05, 0.1) is 5.69 Å². The maximum atomic E-state index is 13.2. The van der Waals surface area contributed by atoms with Crippen molar-refractivity contribution in [2.24, 2.45) is 0 Å². The van der Waals surface area contributed by atoms with E-state index in [0.717, 1.165) is 22.6 Å². The second-order valence-electron chi connectivity index (χ2n) is 7.48. The smallest absolute Gasteiger partial charge is 0.335 e. The number of urea groups is 1. The number of carbonyl (C=O) groups is 3. The van der Waals surface area contributed by atoms with Crippen molar-refractivity contribution in [2.45, 2.75) is 6.61 Å². The van der Waals surface area contributed by atoms with Gasteiger partial charge < -0.3 is 14.2 Å². The molecule has 3 aromatic rings. The molecule has 0 saturated carbocycles. The Kier molecular flexibility index (Phi) is 5.43. The molecule has 1 N–H and O–H groups in total. The molecule has 0 bridgehead atoms. The average Bonchev–Trinajstić information content (AvgIpc) is 3.30. The Bertz CT molecular complexity index is 1320. The van der Waals surface area contributed by atoms with Crippen molar-refractivity contribution in [1.82, 2.24) is 5.32 Å².